The Balaban J connectivity index is 1.65. The molecule has 0 atom stereocenters. The van der Waals surface area contributed by atoms with Crippen molar-refractivity contribution in [1.29, 1.82) is 0 Å². The molecule has 0 saturated carbocycles. The number of piperazine rings is 1. The number of nitrogens with two attached hydrogens (primary N) is 1. The molecule has 7 nitrogen and oxygen atoms in total. The lowest BCUT2D eigenvalue weighted by molar-refractivity contribution is 0.0240. The number of nitrogens with zero attached hydrogens (tertiary/aromatic N) is 3. The summed E-state index contributed by atoms with van der Waals surface area (Å²) in [5, 5.41) is 0. The first-order chi connectivity index (χ1) is 11.4. The second kappa shape index (κ2) is 6.32. The SMILES string of the molecule is CC(C)(C)OC(=O)N1CCN(c2ccc3nc(CN)[nH]c3c2)CC1. The molecule has 3 N–H and O–H groups in total. The predicted molar refractivity (Wildman–Crippen MR) is 94.0 cm³/mol. The molecule has 0 spiro atoms. The van der Waals surface area contributed by atoms with Crippen LogP contribution in [-0.4, -0.2) is 52.7 Å². The monoisotopic (exact) mass is 331 g/mol. The van der Waals surface area contributed by atoms with Gasteiger partial charge in [0.15, 0.2) is 0 Å². The lowest BCUT2D eigenvalue weighted by atomic mass is 10.2. The number of aromatic nitrogens is 2. The van der Waals surface area contributed by atoms with Gasteiger partial charge in [-0.25, -0.2) is 9.78 Å². The average Bonchev–Trinajstić information content (AvgIpc) is 2.95. The van der Waals surface area contributed by atoms with E-state index in [1.165, 1.54) is 0 Å². The molecule has 2 aromatic rings. The number of nitrogens with one attached hydrogen (secondary N) is 1. The normalized spacial score (nSPS) is 15.8. The van der Waals surface area contributed by atoms with Crippen LogP contribution in [0, 0.1) is 0 Å². The van der Waals surface area contributed by atoms with Crippen LogP contribution in [0.4, 0.5) is 10.5 Å². The van der Waals surface area contributed by atoms with Crippen molar-refractivity contribution >= 4 is 22.8 Å². The quantitative estimate of drug-likeness (QED) is 0.880. The average molecular weight is 331 g/mol. The number of carbonyl (C=O) groups is 1. The topological polar surface area (TPSA) is 87.5 Å². The van der Waals surface area contributed by atoms with Crippen LogP contribution in [0.3, 0.4) is 0 Å². The fourth-order valence-electron chi connectivity index (χ4n) is 2.82. The predicted octanol–water partition coefficient (Wildman–Crippen LogP) is 2.08. The van der Waals surface area contributed by atoms with Gasteiger partial charge in [0.05, 0.1) is 17.6 Å². The van der Waals surface area contributed by atoms with Crippen molar-refractivity contribution < 1.29 is 9.53 Å². The highest BCUT2D eigenvalue weighted by Crippen LogP contribution is 2.22. The maximum atomic E-state index is 12.1. The van der Waals surface area contributed by atoms with E-state index in [1.807, 2.05) is 26.8 Å². The first-order valence-corrected chi connectivity index (χ1v) is 8.27. The fourth-order valence-corrected chi connectivity index (χ4v) is 2.82. The summed E-state index contributed by atoms with van der Waals surface area (Å²) in [6.07, 6.45) is -0.237. The van der Waals surface area contributed by atoms with E-state index in [2.05, 4.69) is 27.0 Å². The minimum atomic E-state index is -0.458. The van der Waals surface area contributed by atoms with E-state index >= 15 is 0 Å². The Morgan fingerprint density at radius 2 is 2.00 bits per heavy atom. The number of fused-ring (bicyclic) bond motifs is 1. The Bertz CT molecular complexity index is 726. The minimum absolute atomic E-state index is 0.237. The van der Waals surface area contributed by atoms with Crippen LogP contribution in [-0.2, 0) is 11.3 Å². The molecule has 1 amide bonds. The Kier molecular flexibility index (Phi) is 4.36. The van der Waals surface area contributed by atoms with Gasteiger partial charge in [0.1, 0.15) is 11.4 Å². The van der Waals surface area contributed by atoms with Gasteiger partial charge in [-0.15, -0.1) is 0 Å². The van der Waals surface area contributed by atoms with E-state index in [0.717, 1.165) is 35.6 Å². The number of carbonyl (C=O) groups excluding carboxylic acids is 1. The molecule has 0 radical (unpaired) electrons. The standard InChI is InChI=1S/C17H25N5O2/c1-17(2,3)24-16(23)22-8-6-21(7-9-22)12-4-5-13-14(10-12)20-15(11-18)19-13/h4-5,10H,6-9,11,18H2,1-3H3,(H,19,20). The van der Waals surface area contributed by atoms with Crippen molar-refractivity contribution in [2.45, 2.75) is 32.9 Å². The zero-order valence-corrected chi connectivity index (χ0v) is 14.5. The van der Waals surface area contributed by atoms with E-state index in [0.29, 0.717) is 19.6 Å². The number of hydrogen-bond donors (Lipinski definition) is 2. The smallest absolute Gasteiger partial charge is 0.410 e. The number of H-pyrrole nitrogens is 1. The van der Waals surface area contributed by atoms with Gasteiger partial charge in [0.25, 0.3) is 0 Å². The minimum Gasteiger partial charge on any atom is -0.444 e. The highest BCUT2D eigenvalue weighted by Gasteiger charge is 2.26. The van der Waals surface area contributed by atoms with Crippen LogP contribution in [0.5, 0.6) is 0 Å². The van der Waals surface area contributed by atoms with E-state index < -0.39 is 5.60 Å². The van der Waals surface area contributed by atoms with Crippen molar-refractivity contribution in [3.8, 4) is 0 Å². The number of imidazole rings is 1. The summed E-state index contributed by atoms with van der Waals surface area (Å²) in [6, 6.07) is 6.15. The van der Waals surface area contributed by atoms with E-state index in [1.54, 1.807) is 4.90 Å². The van der Waals surface area contributed by atoms with Crippen LogP contribution < -0.4 is 10.6 Å². The van der Waals surface area contributed by atoms with E-state index in [-0.39, 0.29) is 6.09 Å². The second-order valence-corrected chi connectivity index (χ2v) is 7.04. The fraction of sp³-hybridized carbons (Fsp3) is 0.529. The highest BCUT2D eigenvalue weighted by atomic mass is 16.6. The zero-order chi connectivity index (χ0) is 17.3. The number of hydrogen-bond acceptors (Lipinski definition) is 5. The molecule has 24 heavy (non-hydrogen) atoms. The van der Waals surface area contributed by atoms with Crippen molar-refractivity contribution in [2.75, 3.05) is 31.1 Å². The third kappa shape index (κ3) is 3.62. The molecule has 0 bridgehead atoms. The maximum Gasteiger partial charge on any atom is 0.410 e. The Morgan fingerprint density at radius 1 is 1.29 bits per heavy atom. The summed E-state index contributed by atoms with van der Waals surface area (Å²) in [7, 11) is 0. The molecule has 130 valence electrons. The molecule has 0 aliphatic carbocycles. The summed E-state index contributed by atoms with van der Waals surface area (Å²) in [5.41, 5.74) is 8.21. The number of rotatable bonds is 2. The summed E-state index contributed by atoms with van der Waals surface area (Å²) in [4.78, 5) is 23.8. The molecule has 1 saturated heterocycles. The van der Waals surface area contributed by atoms with Gasteiger partial charge in [-0.2, -0.15) is 0 Å². The van der Waals surface area contributed by atoms with Gasteiger partial charge in [0.2, 0.25) is 0 Å². The lowest BCUT2D eigenvalue weighted by Crippen LogP contribution is -2.50. The van der Waals surface area contributed by atoms with Gasteiger partial charge in [-0.05, 0) is 39.0 Å². The van der Waals surface area contributed by atoms with Gasteiger partial charge in [-0.3, -0.25) is 0 Å². The largest absolute Gasteiger partial charge is 0.444 e. The van der Waals surface area contributed by atoms with Crippen molar-refractivity contribution in [3.63, 3.8) is 0 Å². The number of aromatic amines is 1. The molecular formula is C17H25N5O2. The molecule has 3 rings (SSSR count). The van der Waals surface area contributed by atoms with Crippen LogP contribution in [0.15, 0.2) is 18.2 Å². The van der Waals surface area contributed by atoms with Gasteiger partial charge in [-0.1, -0.05) is 0 Å². The first kappa shape index (κ1) is 16.6. The van der Waals surface area contributed by atoms with Crippen LogP contribution >= 0.6 is 0 Å². The van der Waals surface area contributed by atoms with Crippen molar-refractivity contribution in [2.24, 2.45) is 5.73 Å². The number of benzene rings is 1. The van der Waals surface area contributed by atoms with Gasteiger partial charge < -0.3 is 25.3 Å². The van der Waals surface area contributed by atoms with E-state index in [4.69, 9.17) is 10.5 Å². The Labute approximate surface area is 141 Å². The molecule has 2 heterocycles. The molecular weight excluding hydrogens is 306 g/mol. The lowest BCUT2D eigenvalue weighted by Gasteiger charge is -2.36. The Morgan fingerprint density at radius 3 is 2.62 bits per heavy atom. The van der Waals surface area contributed by atoms with Crippen LogP contribution in [0.1, 0.15) is 26.6 Å². The van der Waals surface area contributed by atoms with Gasteiger partial charge >= 0.3 is 6.09 Å². The number of amides is 1. The number of ether oxygens (including phenoxy) is 1. The Hall–Kier alpha value is -2.28. The third-order valence-electron chi connectivity index (χ3n) is 4.00. The number of anilines is 1. The molecule has 1 aromatic carbocycles. The summed E-state index contributed by atoms with van der Waals surface area (Å²) in [6.45, 7) is 8.93. The van der Waals surface area contributed by atoms with E-state index in [9.17, 15) is 4.79 Å². The maximum absolute atomic E-state index is 12.1. The molecule has 1 fully saturated rings. The highest BCUT2D eigenvalue weighted by molar-refractivity contribution is 5.79. The molecule has 0 unspecified atom stereocenters. The summed E-state index contributed by atoms with van der Waals surface area (Å²) >= 11 is 0. The van der Waals surface area contributed by atoms with Crippen LogP contribution in [0.25, 0.3) is 11.0 Å². The van der Waals surface area contributed by atoms with Crippen molar-refractivity contribution in [3.05, 3.63) is 24.0 Å². The zero-order valence-electron chi connectivity index (χ0n) is 14.5. The molecule has 1 aromatic heterocycles. The summed E-state index contributed by atoms with van der Waals surface area (Å²) in [5.74, 6) is 0.789. The van der Waals surface area contributed by atoms with Crippen molar-refractivity contribution in [1.82, 2.24) is 14.9 Å². The second-order valence-electron chi connectivity index (χ2n) is 7.04. The third-order valence-corrected chi connectivity index (χ3v) is 4.00. The molecule has 7 heteroatoms. The molecule has 1 aliphatic heterocycles. The summed E-state index contributed by atoms with van der Waals surface area (Å²) < 4.78 is 5.43. The van der Waals surface area contributed by atoms with Crippen LogP contribution in [0.2, 0.25) is 0 Å². The first-order valence-electron chi connectivity index (χ1n) is 8.27. The molecule has 1 aliphatic rings. The van der Waals surface area contributed by atoms with Gasteiger partial charge in [0, 0.05) is 31.9 Å².